The minimum Gasteiger partial charge on any atom is -0.493 e. The molecule has 0 atom stereocenters. The molecule has 0 bridgehead atoms. The molecule has 1 heterocycles. The van der Waals surface area contributed by atoms with E-state index in [-0.39, 0.29) is 22.1 Å². The number of sulfone groups is 1. The Labute approximate surface area is 199 Å². The Morgan fingerprint density at radius 3 is 2.32 bits per heavy atom. The van der Waals surface area contributed by atoms with Crippen LogP contribution in [-0.2, 0) is 27.6 Å². The Morgan fingerprint density at radius 2 is 1.68 bits per heavy atom. The van der Waals surface area contributed by atoms with E-state index in [9.17, 15) is 18.0 Å². The first-order chi connectivity index (χ1) is 16.1. The fourth-order valence-electron chi connectivity index (χ4n) is 3.82. The van der Waals surface area contributed by atoms with Gasteiger partial charge in [-0.05, 0) is 55.7 Å². The van der Waals surface area contributed by atoms with Crippen molar-refractivity contribution in [2.45, 2.75) is 43.5 Å². The number of carbonyl (C=O) groups is 1. The van der Waals surface area contributed by atoms with Gasteiger partial charge in [0.05, 0.1) is 19.1 Å². The van der Waals surface area contributed by atoms with Crippen molar-refractivity contribution < 1.29 is 22.7 Å². The van der Waals surface area contributed by atoms with E-state index in [2.05, 4.69) is 5.32 Å². The average Bonchev–Trinajstić information content (AvgIpc) is 2.81. The fraction of sp³-hybridized carbons (Fsp3) is 0.280. The molecule has 0 saturated heterocycles. The molecule has 3 aromatic rings. The fourth-order valence-corrected chi connectivity index (χ4v) is 5.39. The molecule has 0 radical (unpaired) electrons. The second kappa shape index (κ2) is 10.1. The molecule has 0 aliphatic rings. The minimum atomic E-state index is -4.20. The molecule has 8 nitrogen and oxygen atoms in total. The second-order valence-corrected chi connectivity index (χ2v) is 9.65. The number of aryl methyl sites for hydroxylation is 3. The highest BCUT2D eigenvalue weighted by molar-refractivity contribution is 7.91. The van der Waals surface area contributed by atoms with E-state index in [0.29, 0.717) is 22.7 Å². The Hall–Kier alpha value is -3.59. The lowest BCUT2D eigenvalue weighted by molar-refractivity contribution is -0.116. The third kappa shape index (κ3) is 4.84. The van der Waals surface area contributed by atoms with E-state index < -0.39 is 21.3 Å². The number of carbonyl (C=O) groups excluding carboxylic acids is 1. The van der Waals surface area contributed by atoms with Gasteiger partial charge in [-0.1, -0.05) is 25.1 Å². The monoisotopic (exact) mass is 484 g/mol. The van der Waals surface area contributed by atoms with Gasteiger partial charge < -0.3 is 19.4 Å². The molecule has 0 spiro atoms. The van der Waals surface area contributed by atoms with E-state index in [1.807, 2.05) is 25.1 Å². The summed E-state index contributed by atoms with van der Waals surface area (Å²) in [6.07, 6.45) is 0.730. The van der Waals surface area contributed by atoms with Crippen molar-refractivity contribution in [2.75, 3.05) is 19.5 Å². The van der Waals surface area contributed by atoms with Crippen LogP contribution < -0.4 is 20.3 Å². The Kier molecular flexibility index (Phi) is 7.46. The standard InChI is InChI=1S/C25H28N2O6S/c1-6-18-9-7-8-10-20(18)26-23(28)15-27-17(3)13-16(2)24(25(27)29)34(30,31)19-11-12-21(32-4)22(14-19)33-5/h7-14H,6,15H2,1-5H3,(H,26,28). The first kappa shape index (κ1) is 25.0. The molecule has 1 amide bonds. The lowest BCUT2D eigenvalue weighted by atomic mass is 10.1. The first-order valence-electron chi connectivity index (χ1n) is 10.7. The first-order valence-corrected chi connectivity index (χ1v) is 12.2. The van der Waals surface area contributed by atoms with E-state index in [1.165, 1.54) is 37.0 Å². The molecule has 1 aromatic heterocycles. The average molecular weight is 485 g/mol. The molecular weight excluding hydrogens is 456 g/mol. The van der Waals surface area contributed by atoms with Gasteiger partial charge in [0.15, 0.2) is 11.5 Å². The molecule has 180 valence electrons. The number of benzene rings is 2. The predicted molar refractivity (Wildman–Crippen MR) is 130 cm³/mol. The molecule has 0 aliphatic heterocycles. The van der Waals surface area contributed by atoms with Gasteiger partial charge in [-0.25, -0.2) is 8.42 Å². The number of aromatic nitrogens is 1. The Bertz CT molecular complexity index is 1390. The van der Waals surface area contributed by atoms with Crippen molar-refractivity contribution in [3.05, 3.63) is 75.7 Å². The molecule has 0 aliphatic carbocycles. The lowest BCUT2D eigenvalue weighted by Gasteiger charge is -2.16. The maximum Gasteiger partial charge on any atom is 0.270 e. The normalized spacial score (nSPS) is 11.2. The molecule has 9 heteroatoms. The van der Waals surface area contributed by atoms with Crippen molar-refractivity contribution in [2.24, 2.45) is 0 Å². The molecule has 3 rings (SSSR count). The van der Waals surface area contributed by atoms with Gasteiger partial charge in [-0.15, -0.1) is 0 Å². The minimum absolute atomic E-state index is 0.109. The quantitative estimate of drug-likeness (QED) is 0.525. The van der Waals surface area contributed by atoms with Crippen molar-refractivity contribution in [1.82, 2.24) is 4.57 Å². The Balaban J connectivity index is 2.03. The van der Waals surface area contributed by atoms with Crippen molar-refractivity contribution in [3.8, 4) is 11.5 Å². The number of hydrogen-bond donors (Lipinski definition) is 1. The number of hydrogen-bond acceptors (Lipinski definition) is 6. The zero-order valence-electron chi connectivity index (χ0n) is 19.8. The Morgan fingerprint density at radius 1 is 1.00 bits per heavy atom. The van der Waals surface area contributed by atoms with Gasteiger partial charge >= 0.3 is 0 Å². The molecule has 34 heavy (non-hydrogen) atoms. The van der Waals surface area contributed by atoms with Gasteiger partial charge in [-0.2, -0.15) is 0 Å². The third-order valence-electron chi connectivity index (χ3n) is 5.56. The lowest BCUT2D eigenvalue weighted by Crippen LogP contribution is -2.33. The third-order valence-corrected chi connectivity index (χ3v) is 7.47. The van der Waals surface area contributed by atoms with E-state index in [4.69, 9.17) is 9.47 Å². The number of amides is 1. The second-order valence-electron chi connectivity index (χ2n) is 7.77. The van der Waals surface area contributed by atoms with E-state index in [0.717, 1.165) is 12.0 Å². The summed E-state index contributed by atoms with van der Waals surface area (Å²) in [5.41, 5.74) is 1.63. The largest absolute Gasteiger partial charge is 0.493 e. The topological polar surface area (TPSA) is 104 Å². The van der Waals surface area contributed by atoms with Gasteiger partial charge in [0.1, 0.15) is 11.4 Å². The van der Waals surface area contributed by atoms with Crippen LogP contribution in [0.2, 0.25) is 0 Å². The number of methoxy groups -OCH3 is 2. The number of nitrogens with one attached hydrogen (secondary N) is 1. The summed E-state index contributed by atoms with van der Waals surface area (Å²) in [6.45, 7) is 4.88. The smallest absolute Gasteiger partial charge is 0.270 e. The summed E-state index contributed by atoms with van der Waals surface area (Å²) < 4.78 is 38.5. The highest BCUT2D eigenvalue weighted by Crippen LogP contribution is 2.32. The van der Waals surface area contributed by atoms with Crippen molar-refractivity contribution in [1.29, 1.82) is 0 Å². The van der Waals surface area contributed by atoms with Gasteiger partial charge in [0, 0.05) is 17.4 Å². The van der Waals surface area contributed by atoms with Crippen LogP contribution in [0.25, 0.3) is 0 Å². The SMILES string of the molecule is CCc1ccccc1NC(=O)Cn1c(C)cc(C)c(S(=O)(=O)c2ccc(OC)c(OC)c2)c1=O. The van der Waals surface area contributed by atoms with Crippen molar-refractivity contribution >= 4 is 21.4 Å². The van der Waals surface area contributed by atoms with Crippen LogP contribution in [0.4, 0.5) is 5.69 Å². The van der Waals surface area contributed by atoms with Gasteiger partial charge in [0.2, 0.25) is 15.7 Å². The number of para-hydroxylation sites is 1. The molecule has 0 fully saturated rings. The van der Waals surface area contributed by atoms with Crippen LogP contribution >= 0.6 is 0 Å². The van der Waals surface area contributed by atoms with Crippen LogP contribution in [0, 0.1) is 13.8 Å². The number of nitrogens with zero attached hydrogens (tertiary/aromatic N) is 1. The summed E-state index contributed by atoms with van der Waals surface area (Å²) in [6, 6.07) is 13.1. The molecule has 2 aromatic carbocycles. The maximum atomic E-state index is 13.5. The number of ether oxygens (including phenoxy) is 2. The molecule has 0 saturated carbocycles. The number of pyridine rings is 1. The molecule has 1 N–H and O–H groups in total. The summed E-state index contributed by atoms with van der Waals surface area (Å²) in [7, 11) is -1.36. The van der Waals surface area contributed by atoms with Crippen LogP contribution in [0.3, 0.4) is 0 Å². The maximum absolute atomic E-state index is 13.5. The molecule has 0 unspecified atom stereocenters. The summed E-state index contributed by atoms with van der Waals surface area (Å²) in [4.78, 5) is 25.6. The van der Waals surface area contributed by atoms with Crippen molar-refractivity contribution in [3.63, 3.8) is 0 Å². The molecular formula is C25H28N2O6S. The zero-order valence-corrected chi connectivity index (χ0v) is 20.7. The highest BCUT2D eigenvalue weighted by atomic mass is 32.2. The van der Waals surface area contributed by atoms with Crippen LogP contribution in [-0.4, -0.2) is 33.1 Å². The van der Waals surface area contributed by atoms with Crippen LogP contribution in [0.15, 0.2) is 63.1 Å². The van der Waals surface area contributed by atoms with Crippen LogP contribution in [0.5, 0.6) is 11.5 Å². The number of rotatable bonds is 8. The summed E-state index contributed by atoms with van der Waals surface area (Å²) in [5.74, 6) is 0.163. The zero-order chi connectivity index (χ0) is 25.0. The summed E-state index contributed by atoms with van der Waals surface area (Å²) in [5, 5.41) is 2.82. The van der Waals surface area contributed by atoms with Gasteiger partial charge in [0.25, 0.3) is 5.56 Å². The number of anilines is 1. The van der Waals surface area contributed by atoms with Gasteiger partial charge in [-0.3, -0.25) is 9.59 Å². The predicted octanol–water partition coefficient (Wildman–Crippen LogP) is 3.52. The summed E-state index contributed by atoms with van der Waals surface area (Å²) >= 11 is 0. The van der Waals surface area contributed by atoms with E-state index in [1.54, 1.807) is 26.0 Å². The van der Waals surface area contributed by atoms with E-state index >= 15 is 0 Å². The highest BCUT2D eigenvalue weighted by Gasteiger charge is 2.27. The van der Waals surface area contributed by atoms with Crippen LogP contribution in [0.1, 0.15) is 23.7 Å².